The highest BCUT2D eigenvalue weighted by Crippen LogP contribution is 2.13. The number of nitrogens with two attached hydrogens (primary N) is 1. The molecule has 1 rings (SSSR count). The molecule has 1 aromatic heterocycles. The number of primary amides is 1. The standard InChI is InChI=1S/C6H4ClIN2O/c7-3-1-4(6(9)11)5(8)10-2-3/h1-2H,(H2,9,11). The van der Waals surface area contributed by atoms with E-state index in [9.17, 15) is 4.79 Å². The summed E-state index contributed by atoms with van der Waals surface area (Å²) in [6.45, 7) is 0. The molecule has 0 spiro atoms. The third-order valence-corrected chi connectivity index (χ3v) is 2.14. The van der Waals surface area contributed by atoms with E-state index < -0.39 is 5.91 Å². The summed E-state index contributed by atoms with van der Waals surface area (Å²) in [7, 11) is 0. The number of aromatic nitrogens is 1. The van der Waals surface area contributed by atoms with Gasteiger partial charge >= 0.3 is 0 Å². The molecule has 3 nitrogen and oxygen atoms in total. The van der Waals surface area contributed by atoms with E-state index in [0.717, 1.165) is 0 Å². The van der Waals surface area contributed by atoms with Gasteiger partial charge in [0.15, 0.2) is 0 Å². The van der Waals surface area contributed by atoms with Gasteiger partial charge in [0, 0.05) is 6.20 Å². The number of hydrogen-bond acceptors (Lipinski definition) is 2. The van der Waals surface area contributed by atoms with Crippen molar-refractivity contribution in [2.45, 2.75) is 0 Å². The molecule has 5 heteroatoms. The second-order valence-electron chi connectivity index (χ2n) is 1.86. The van der Waals surface area contributed by atoms with Gasteiger partial charge < -0.3 is 5.73 Å². The van der Waals surface area contributed by atoms with E-state index in [4.69, 9.17) is 17.3 Å². The van der Waals surface area contributed by atoms with Gasteiger partial charge in [-0.05, 0) is 28.7 Å². The molecular weight excluding hydrogens is 278 g/mol. The van der Waals surface area contributed by atoms with Gasteiger partial charge in [-0.2, -0.15) is 0 Å². The lowest BCUT2D eigenvalue weighted by Gasteiger charge is -1.97. The van der Waals surface area contributed by atoms with Crippen LogP contribution in [0.25, 0.3) is 0 Å². The maximum absolute atomic E-state index is 10.7. The van der Waals surface area contributed by atoms with Crippen molar-refractivity contribution in [2.24, 2.45) is 5.73 Å². The van der Waals surface area contributed by atoms with Crippen LogP contribution in [0.5, 0.6) is 0 Å². The molecule has 0 aromatic carbocycles. The van der Waals surface area contributed by atoms with E-state index in [0.29, 0.717) is 14.3 Å². The highest BCUT2D eigenvalue weighted by Gasteiger charge is 2.06. The summed E-state index contributed by atoms with van der Waals surface area (Å²) in [6.07, 6.45) is 1.47. The number of halogens is 2. The highest BCUT2D eigenvalue weighted by molar-refractivity contribution is 14.1. The SMILES string of the molecule is NC(=O)c1cc(Cl)cnc1I. The number of hydrogen-bond donors (Lipinski definition) is 1. The quantitative estimate of drug-likeness (QED) is 0.626. The van der Waals surface area contributed by atoms with Gasteiger partial charge in [0.25, 0.3) is 5.91 Å². The molecule has 1 amide bonds. The zero-order valence-electron chi connectivity index (χ0n) is 5.34. The molecule has 0 atom stereocenters. The Morgan fingerprint density at radius 1 is 1.73 bits per heavy atom. The molecule has 58 valence electrons. The smallest absolute Gasteiger partial charge is 0.251 e. The fraction of sp³-hybridized carbons (Fsp3) is 0. The molecule has 0 aliphatic carbocycles. The minimum absolute atomic E-state index is 0.359. The molecule has 0 saturated carbocycles. The third-order valence-electron chi connectivity index (χ3n) is 1.07. The first kappa shape index (κ1) is 8.73. The van der Waals surface area contributed by atoms with Crippen LogP contribution >= 0.6 is 34.2 Å². The first-order chi connectivity index (χ1) is 5.11. The molecule has 1 heterocycles. The minimum atomic E-state index is -0.510. The Morgan fingerprint density at radius 2 is 2.36 bits per heavy atom. The van der Waals surface area contributed by atoms with Crippen molar-refractivity contribution >= 4 is 40.1 Å². The summed E-state index contributed by atoms with van der Waals surface area (Å²) >= 11 is 7.51. The van der Waals surface area contributed by atoms with Crippen molar-refractivity contribution in [1.29, 1.82) is 0 Å². The molecular formula is C6H4ClIN2O. The van der Waals surface area contributed by atoms with Gasteiger partial charge in [-0.1, -0.05) is 11.6 Å². The predicted octanol–water partition coefficient (Wildman–Crippen LogP) is 1.44. The van der Waals surface area contributed by atoms with E-state index >= 15 is 0 Å². The number of pyridine rings is 1. The summed E-state index contributed by atoms with van der Waals surface area (Å²) in [6, 6.07) is 1.50. The Hall–Kier alpha value is -0.360. The Bertz CT molecular complexity index is 303. The Morgan fingerprint density at radius 3 is 2.82 bits per heavy atom. The summed E-state index contributed by atoms with van der Waals surface area (Å²) in [5, 5.41) is 0.416. The molecule has 2 N–H and O–H groups in total. The Kier molecular flexibility index (Phi) is 2.67. The highest BCUT2D eigenvalue weighted by atomic mass is 127. The molecule has 0 aliphatic heterocycles. The van der Waals surface area contributed by atoms with E-state index in [1.807, 2.05) is 22.6 Å². The first-order valence-corrected chi connectivity index (χ1v) is 4.18. The van der Waals surface area contributed by atoms with Gasteiger partial charge in [-0.3, -0.25) is 4.79 Å². The average molecular weight is 282 g/mol. The number of nitrogens with zero attached hydrogens (tertiary/aromatic N) is 1. The van der Waals surface area contributed by atoms with Crippen molar-refractivity contribution in [3.05, 3.63) is 26.5 Å². The van der Waals surface area contributed by atoms with Gasteiger partial charge in [0.1, 0.15) is 3.70 Å². The second-order valence-corrected chi connectivity index (χ2v) is 3.31. The van der Waals surface area contributed by atoms with E-state index in [-0.39, 0.29) is 0 Å². The summed E-state index contributed by atoms with van der Waals surface area (Å²) in [5.41, 5.74) is 5.40. The van der Waals surface area contributed by atoms with Crippen LogP contribution in [-0.4, -0.2) is 10.9 Å². The lowest BCUT2D eigenvalue weighted by atomic mass is 10.3. The molecule has 0 radical (unpaired) electrons. The van der Waals surface area contributed by atoms with E-state index in [1.54, 1.807) is 0 Å². The third kappa shape index (κ3) is 2.03. The average Bonchev–Trinajstić information content (AvgIpc) is 1.94. The minimum Gasteiger partial charge on any atom is -0.366 e. The van der Waals surface area contributed by atoms with Gasteiger partial charge in [0.2, 0.25) is 0 Å². The van der Waals surface area contributed by atoms with Crippen molar-refractivity contribution in [3.63, 3.8) is 0 Å². The monoisotopic (exact) mass is 282 g/mol. The van der Waals surface area contributed by atoms with Crippen LogP contribution < -0.4 is 5.73 Å². The molecule has 1 aromatic rings. The fourth-order valence-electron chi connectivity index (χ4n) is 0.595. The van der Waals surface area contributed by atoms with Crippen LogP contribution in [0.15, 0.2) is 12.3 Å². The summed E-state index contributed by atoms with van der Waals surface area (Å²) in [4.78, 5) is 14.5. The molecule has 0 aliphatic rings. The molecule has 0 saturated heterocycles. The van der Waals surface area contributed by atoms with Crippen molar-refractivity contribution < 1.29 is 4.79 Å². The van der Waals surface area contributed by atoms with Crippen LogP contribution in [0.2, 0.25) is 5.02 Å². The maximum Gasteiger partial charge on any atom is 0.251 e. The van der Waals surface area contributed by atoms with Crippen LogP contribution in [0.3, 0.4) is 0 Å². The molecule has 0 bridgehead atoms. The number of rotatable bonds is 1. The van der Waals surface area contributed by atoms with Gasteiger partial charge in [0.05, 0.1) is 10.6 Å². The maximum atomic E-state index is 10.7. The Balaban J connectivity index is 3.23. The lowest BCUT2D eigenvalue weighted by Crippen LogP contribution is -2.13. The zero-order valence-corrected chi connectivity index (χ0v) is 8.26. The summed E-state index contributed by atoms with van der Waals surface area (Å²) in [5.74, 6) is -0.510. The normalized spacial score (nSPS) is 9.64. The van der Waals surface area contributed by atoms with Crippen LogP contribution in [0.4, 0.5) is 0 Å². The fourth-order valence-corrected chi connectivity index (χ4v) is 1.31. The predicted molar refractivity (Wildman–Crippen MR) is 50.5 cm³/mol. The summed E-state index contributed by atoms with van der Waals surface area (Å²) < 4.78 is 0.569. The van der Waals surface area contributed by atoms with E-state index in [2.05, 4.69) is 4.98 Å². The van der Waals surface area contributed by atoms with Crippen molar-refractivity contribution in [3.8, 4) is 0 Å². The molecule has 0 unspecified atom stereocenters. The first-order valence-electron chi connectivity index (χ1n) is 2.72. The zero-order chi connectivity index (χ0) is 8.43. The van der Waals surface area contributed by atoms with Crippen LogP contribution in [-0.2, 0) is 0 Å². The van der Waals surface area contributed by atoms with Crippen LogP contribution in [0.1, 0.15) is 10.4 Å². The Labute approximate surface area is 82.1 Å². The van der Waals surface area contributed by atoms with Gasteiger partial charge in [-0.15, -0.1) is 0 Å². The number of carbonyl (C=O) groups excluding carboxylic acids is 1. The topological polar surface area (TPSA) is 56.0 Å². The molecule has 0 fully saturated rings. The lowest BCUT2D eigenvalue weighted by molar-refractivity contribution is 0.0999. The largest absolute Gasteiger partial charge is 0.366 e. The second kappa shape index (κ2) is 3.36. The van der Waals surface area contributed by atoms with Gasteiger partial charge in [-0.25, -0.2) is 4.98 Å². The van der Waals surface area contributed by atoms with Crippen molar-refractivity contribution in [1.82, 2.24) is 4.98 Å². The molecule has 11 heavy (non-hydrogen) atoms. The number of amides is 1. The van der Waals surface area contributed by atoms with Crippen molar-refractivity contribution in [2.75, 3.05) is 0 Å². The number of carbonyl (C=O) groups is 1. The van der Waals surface area contributed by atoms with Crippen LogP contribution in [0, 0.1) is 3.70 Å². The van der Waals surface area contributed by atoms with E-state index in [1.165, 1.54) is 12.3 Å².